The molecular formula is C13H9N3O6. The first-order chi connectivity index (χ1) is 10.4. The van der Waals surface area contributed by atoms with Crippen LogP contribution >= 0.6 is 0 Å². The molecule has 0 aromatic heterocycles. The third-order valence-electron chi connectivity index (χ3n) is 2.77. The average molecular weight is 303 g/mol. The van der Waals surface area contributed by atoms with E-state index < -0.39 is 27.2 Å². The summed E-state index contributed by atoms with van der Waals surface area (Å²) in [6, 6.07) is 8.68. The van der Waals surface area contributed by atoms with E-state index in [4.69, 9.17) is 0 Å². The lowest BCUT2D eigenvalue weighted by molar-refractivity contribution is -0.385. The molecule has 2 aromatic rings. The number of phenolic OH excluding ortho intramolecular Hbond substituents is 1. The molecule has 0 aliphatic carbocycles. The Balaban J connectivity index is 2.30. The number of hydrogen-bond donors (Lipinski definition) is 2. The standard InChI is InChI=1S/C13H9N3O6/c17-12-10(5-2-6-11(12)16(21)22)13(18)14-8-3-1-4-9(7-8)15(19)20/h1-7,17H,(H,14,18). The number of nitro groups is 2. The highest BCUT2D eigenvalue weighted by Gasteiger charge is 2.21. The summed E-state index contributed by atoms with van der Waals surface area (Å²) in [5.41, 5.74) is -1.00. The molecule has 0 saturated heterocycles. The first-order valence-electron chi connectivity index (χ1n) is 5.92. The Morgan fingerprint density at radius 3 is 2.36 bits per heavy atom. The van der Waals surface area contributed by atoms with Crippen LogP contribution in [-0.4, -0.2) is 20.9 Å². The number of carbonyl (C=O) groups is 1. The summed E-state index contributed by atoms with van der Waals surface area (Å²) < 4.78 is 0. The van der Waals surface area contributed by atoms with Crippen LogP contribution in [-0.2, 0) is 0 Å². The van der Waals surface area contributed by atoms with Crippen molar-refractivity contribution < 1.29 is 19.7 Å². The summed E-state index contributed by atoms with van der Waals surface area (Å²) in [6.45, 7) is 0. The summed E-state index contributed by atoms with van der Waals surface area (Å²) in [7, 11) is 0. The second-order valence-electron chi connectivity index (χ2n) is 4.19. The number of nitro benzene ring substituents is 2. The van der Waals surface area contributed by atoms with Gasteiger partial charge < -0.3 is 10.4 Å². The molecule has 9 nitrogen and oxygen atoms in total. The zero-order chi connectivity index (χ0) is 16.3. The van der Waals surface area contributed by atoms with Crippen molar-refractivity contribution in [2.45, 2.75) is 0 Å². The van der Waals surface area contributed by atoms with Crippen molar-refractivity contribution in [2.24, 2.45) is 0 Å². The summed E-state index contributed by atoms with van der Waals surface area (Å²) in [6.07, 6.45) is 0. The quantitative estimate of drug-likeness (QED) is 0.657. The molecule has 2 N–H and O–H groups in total. The summed E-state index contributed by atoms with van der Waals surface area (Å²) in [4.78, 5) is 32.0. The molecular weight excluding hydrogens is 294 g/mol. The number of non-ortho nitro benzene ring substituents is 1. The van der Waals surface area contributed by atoms with E-state index in [1.165, 1.54) is 30.3 Å². The molecule has 2 aromatic carbocycles. The van der Waals surface area contributed by atoms with Gasteiger partial charge in [-0.25, -0.2) is 0 Å². The Hall–Kier alpha value is -3.49. The van der Waals surface area contributed by atoms with Crippen LogP contribution in [0.1, 0.15) is 10.4 Å². The summed E-state index contributed by atoms with van der Waals surface area (Å²) >= 11 is 0. The molecule has 0 bridgehead atoms. The molecule has 0 radical (unpaired) electrons. The number of aromatic hydroxyl groups is 1. The van der Waals surface area contributed by atoms with Crippen LogP contribution in [0.25, 0.3) is 0 Å². The lowest BCUT2D eigenvalue weighted by atomic mass is 10.1. The number of nitrogens with one attached hydrogen (secondary N) is 1. The van der Waals surface area contributed by atoms with E-state index in [-0.39, 0.29) is 16.9 Å². The highest BCUT2D eigenvalue weighted by Crippen LogP contribution is 2.30. The number of anilines is 1. The number of rotatable bonds is 4. The van der Waals surface area contributed by atoms with Crippen molar-refractivity contribution in [2.75, 3.05) is 5.32 Å². The number of carbonyl (C=O) groups excluding carboxylic acids is 1. The van der Waals surface area contributed by atoms with Gasteiger partial charge in [0.2, 0.25) is 5.75 Å². The lowest BCUT2D eigenvalue weighted by Crippen LogP contribution is -2.12. The average Bonchev–Trinajstić information content (AvgIpc) is 2.47. The zero-order valence-corrected chi connectivity index (χ0v) is 10.9. The van der Waals surface area contributed by atoms with Gasteiger partial charge in [-0.15, -0.1) is 0 Å². The van der Waals surface area contributed by atoms with E-state index in [0.29, 0.717) is 0 Å². The zero-order valence-electron chi connectivity index (χ0n) is 10.9. The third kappa shape index (κ3) is 2.98. The Morgan fingerprint density at radius 2 is 1.73 bits per heavy atom. The maximum atomic E-state index is 12.0. The van der Waals surface area contributed by atoms with Crippen molar-refractivity contribution >= 4 is 23.0 Å². The second-order valence-corrected chi connectivity index (χ2v) is 4.19. The minimum absolute atomic E-state index is 0.130. The largest absolute Gasteiger partial charge is 0.502 e. The van der Waals surface area contributed by atoms with Crippen molar-refractivity contribution in [1.82, 2.24) is 0 Å². The maximum absolute atomic E-state index is 12.0. The van der Waals surface area contributed by atoms with Gasteiger partial charge >= 0.3 is 5.69 Å². The number of phenols is 1. The van der Waals surface area contributed by atoms with E-state index in [1.807, 2.05) is 0 Å². The van der Waals surface area contributed by atoms with Crippen molar-refractivity contribution in [3.8, 4) is 5.75 Å². The predicted octanol–water partition coefficient (Wildman–Crippen LogP) is 2.46. The molecule has 22 heavy (non-hydrogen) atoms. The normalized spacial score (nSPS) is 10.0. The van der Waals surface area contributed by atoms with Gasteiger partial charge in [0.1, 0.15) is 0 Å². The van der Waals surface area contributed by atoms with Crippen molar-refractivity contribution in [1.29, 1.82) is 0 Å². The van der Waals surface area contributed by atoms with Crippen LogP contribution in [0.15, 0.2) is 42.5 Å². The number of amides is 1. The molecule has 0 aliphatic heterocycles. The molecule has 0 fully saturated rings. The van der Waals surface area contributed by atoms with Crippen LogP contribution in [0.2, 0.25) is 0 Å². The number of hydrogen-bond acceptors (Lipinski definition) is 6. The topological polar surface area (TPSA) is 136 Å². The lowest BCUT2D eigenvalue weighted by Gasteiger charge is -2.06. The fourth-order valence-corrected chi connectivity index (χ4v) is 1.76. The molecule has 0 spiro atoms. The fraction of sp³-hybridized carbons (Fsp3) is 0. The molecule has 9 heteroatoms. The molecule has 1 amide bonds. The smallest absolute Gasteiger partial charge is 0.311 e. The van der Waals surface area contributed by atoms with Crippen LogP contribution in [0.5, 0.6) is 5.75 Å². The molecule has 0 saturated carbocycles. The molecule has 112 valence electrons. The van der Waals surface area contributed by atoms with Crippen LogP contribution < -0.4 is 5.32 Å². The number of para-hydroxylation sites is 1. The molecule has 0 aliphatic rings. The molecule has 0 heterocycles. The summed E-state index contributed by atoms with van der Waals surface area (Å²) in [5.74, 6) is -1.59. The molecule has 2 rings (SSSR count). The highest BCUT2D eigenvalue weighted by molar-refractivity contribution is 6.07. The third-order valence-corrected chi connectivity index (χ3v) is 2.77. The fourth-order valence-electron chi connectivity index (χ4n) is 1.76. The van der Waals surface area contributed by atoms with Crippen LogP contribution in [0.4, 0.5) is 17.1 Å². The van der Waals surface area contributed by atoms with E-state index in [0.717, 1.165) is 12.1 Å². The van der Waals surface area contributed by atoms with Crippen molar-refractivity contribution in [3.63, 3.8) is 0 Å². The van der Waals surface area contributed by atoms with Gasteiger partial charge in [-0.05, 0) is 12.1 Å². The summed E-state index contributed by atoms with van der Waals surface area (Å²) in [5, 5.41) is 33.4. The second kappa shape index (κ2) is 5.87. The molecule has 0 unspecified atom stereocenters. The van der Waals surface area contributed by atoms with Crippen molar-refractivity contribution in [3.05, 3.63) is 68.3 Å². The van der Waals surface area contributed by atoms with E-state index in [2.05, 4.69) is 5.32 Å². The van der Waals surface area contributed by atoms with Gasteiger partial charge in [-0.2, -0.15) is 0 Å². The van der Waals surface area contributed by atoms with Gasteiger partial charge in [0, 0.05) is 23.9 Å². The first kappa shape index (κ1) is 14.9. The number of benzene rings is 2. The monoisotopic (exact) mass is 303 g/mol. The number of nitrogens with zero attached hydrogens (tertiary/aromatic N) is 2. The predicted molar refractivity (Wildman–Crippen MR) is 75.8 cm³/mol. The highest BCUT2D eigenvalue weighted by atomic mass is 16.6. The minimum atomic E-state index is -0.820. The Labute approximate surface area is 123 Å². The van der Waals surface area contributed by atoms with Crippen LogP contribution in [0, 0.1) is 20.2 Å². The Morgan fingerprint density at radius 1 is 1.05 bits per heavy atom. The van der Waals surface area contributed by atoms with Gasteiger partial charge in [0.15, 0.2) is 0 Å². The van der Waals surface area contributed by atoms with Gasteiger partial charge in [-0.3, -0.25) is 25.0 Å². The van der Waals surface area contributed by atoms with Gasteiger partial charge in [-0.1, -0.05) is 12.1 Å². The Bertz CT molecular complexity index is 774. The Kier molecular flexibility index (Phi) is 3.98. The SMILES string of the molecule is O=C(Nc1cccc([N+](=O)[O-])c1)c1cccc([N+](=O)[O-])c1O. The van der Waals surface area contributed by atoms with E-state index >= 15 is 0 Å². The van der Waals surface area contributed by atoms with E-state index in [9.17, 15) is 30.1 Å². The van der Waals surface area contributed by atoms with E-state index in [1.54, 1.807) is 0 Å². The van der Waals surface area contributed by atoms with Gasteiger partial charge in [0.05, 0.1) is 15.4 Å². The first-order valence-corrected chi connectivity index (χ1v) is 5.92. The molecule has 0 atom stereocenters. The minimum Gasteiger partial charge on any atom is -0.502 e. The maximum Gasteiger partial charge on any atom is 0.311 e. The van der Waals surface area contributed by atoms with Gasteiger partial charge in [0.25, 0.3) is 11.6 Å². The van der Waals surface area contributed by atoms with Crippen LogP contribution in [0.3, 0.4) is 0 Å².